The molecule has 3 nitrogen and oxygen atoms in total. The van der Waals surface area contributed by atoms with E-state index in [2.05, 4.69) is 17.1 Å². The third kappa shape index (κ3) is 3.80. The van der Waals surface area contributed by atoms with Gasteiger partial charge in [0.2, 0.25) is 0 Å². The number of ether oxygens (including phenoxy) is 1. The van der Waals surface area contributed by atoms with Crippen LogP contribution in [0.3, 0.4) is 0 Å². The molecule has 1 aliphatic heterocycles. The number of anilines is 2. The zero-order chi connectivity index (χ0) is 19.7. The Labute approximate surface area is 183 Å². The van der Waals surface area contributed by atoms with E-state index in [1.165, 1.54) is 0 Å². The Balaban J connectivity index is 1.79. The number of halogens is 2. The fourth-order valence-corrected chi connectivity index (χ4v) is 4.83. The van der Waals surface area contributed by atoms with E-state index >= 15 is 0 Å². The van der Waals surface area contributed by atoms with E-state index < -0.39 is 0 Å². The highest BCUT2D eigenvalue weighted by Gasteiger charge is 2.38. The predicted octanol–water partition coefficient (Wildman–Crippen LogP) is 6.96. The maximum absolute atomic E-state index is 6.11. The minimum absolute atomic E-state index is 0.0183. The third-order valence-electron chi connectivity index (χ3n) is 4.39. The molecule has 0 aromatic heterocycles. The molecule has 0 radical (unpaired) electrons. The molecule has 7 heteroatoms. The van der Waals surface area contributed by atoms with Crippen molar-refractivity contribution in [2.24, 2.45) is 0 Å². The predicted molar refractivity (Wildman–Crippen MR) is 124 cm³/mol. The highest BCUT2D eigenvalue weighted by atomic mass is 35.5. The van der Waals surface area contributed by atoms with Gasteiger partial charge in [-0.15, -0.1) is 0 Å². The summed E-state index contributed by atoms with van der Waals surface area (Å²) in [5.41, 5.74) is 3.07. The van der Waals surface area contributed by atoms with Gasteiger partial charge in [-0.1, -0.05) is 59.3 Å². The summed E-state index contributed by atoms with van der Waals surface area (Å²) in [6, 6.07) is 23.5. The summed E-state index contributed by atoms with van der Waals surface area (Å²) in [6.45, 7) is 0. The molecule has 4 rings (SSSR count). The fraction of sp³-hybridized carbons (Fsp3) is 0.0952. The molecule has 28 heavy (non-hydrogen) atoms. The topological polar surface area (TPSA) is 15.7 Å². The number of hydrogen-bond acceptors (Lipinski definition) is 4. The summed E-state index contributed by atoms with van der Waals surface area (Å²) in [5, 5.41) is 5.57. The molecule has 1 heterocycles. The highest BCUT2D eigenvalue weighted by Crippen LogP contribution is 2.47. The third-order valence-corrected chi connectivity index (χ3v) is 6.42. The lowest BCUT2D eigenvalue weighted by Crippen LogP contribution is -2.39. The molecule has 0 spiro atoms. The van der Waals surface area contributed by atoms with Crippen LogP contribution in [0.5, 0.6) is 5.75 Å². The van der Waals surface area contributed by atoms with Crippen LogP contribution in [0.4, 0.5) is 11.4 Å². The van der Waals surface area contributed by atoms with Crippen LogP contribution in [0.2, 0.25) is 10.0 Å². The molecule has 0 amide bonds. The van der Waals surface area contributed by atoms with Crippen molar-refractivity contribution in [1.82, 2.24) is 0 Å². The van der Waals surface area contributed by atoms with Gasteiger partial charge in [0.15, 0.2) is 4.32 Å². The van der Waals surface area contributed by atoms with Crippen molar-refractivity contribution in [3.05, 3.63) is 88.4 Å². The molecular formula is C21H16Cl2N2OS2. The minimum Gasteiger partial charge on any atom is -0.497 e. The zero-order valence-electron chi connectivity index (χ0n) is 14.9. The normalized spacial score (nSPS) is 16.5. The molecule has 0 unspecified atom stereocenters. The van der Waals surface area contributed by atoms with E-state index in [1.807, 2.05) is 65.7 Å². The average Bonchev–Trinajstić information content (AvgIpc) is 3.06. The highest BCUT2D eigenvalue weighted by molar-refractivity contribution is 8.24. The second-order valence-electron chi connectivity index (χ2n) is 6.12. The van der Waals surface area contributed by atoms with E-state index in [4.69, 9.17) is 40.2 Å². The minimum atomic E-state index is -0.0183. The zero-order valence-corrected chi connectivity index (χ0v) is 18.0. The molecule has 0 bridgehead atoms. The molecule has 0 N–H and O–H groups in total. The van der Waals surface area contributed by atoms with Gasteiger partial charge in [-0.25, -0.2) is 5.01 Å². The number of nitrogens with zero attached hydrogens (tertiary/aromatic N) is 2. The van der Waals surface area contributed by atoms with Crippen LogP contribution in [-0.4, -0.2) is 11.4 Å². The summed E-state index contributed by atoms with van der Waals surface area (Å²) in [4.78, 5) is 0. The first-order chi connectivity index (χ1) is 13.6. The van der Waals surface area contributed by atoms with Crippen LogP contribution >= 0.6 is 47.2 Å². The quantitative estimate of drug-likeness (QED) is 0.401. The summed E-state index contributed by atoms with van der Waals surface area (Å²) in [5.74, 6) is 0.821. The standard InChI is InChI=1S/C21H16Cl2N2OS2/c1-26-19-12-2-14(3-13-19)20-24(17-8-4-15(22)5-9-17)25(21(27)28-20)18-10-6-16(23)7-11-18/h2-13,20H,1H3/t20-/m0/s1. The van der Waals surface area contributed by atoms with Crippen LogP contribution < -0.4 is 14.8 Å². The number of hydrazine groups is 1. The first-order valence-corrected chi connectivity index (χ1v) is 10.6. The van der Waals surface area contributed by atoms with Gasteiger partial charge in [-0.05, 0) is 66.2 Å². The summed E-state index contributed by atoms with van der Waals surface area (Å²) >= 11 is 19.6. The number of methoxy groups -OCH3 is 1. The van der Waals surface area contributed by atoms with E-state index in [-0.39, 0.29) is 5.37 Å². The number of rotatable bonds is 4. The first kappa shape index (κ1) is 19.4. The van der Waals surface area contributed by atoms with Crippen molar-refractivity contribution in [2.75, 3.05) is 17.1 Å². The van der Waals surface area contributed by atoms with Crippen molar-refractivity contribution in [3.63, 3.8) is 0 Å². The molecule has 1 fully saturated rings. The molecule has 3 aromatic rings. The maximum Gasteiger partial charge on any atom is 0.162 e. The average molecular weight is 447 g/mol. The van der Waals surface area contributed by atoms with E-state index in [1.54, 1.807) is 18.9 Å². The van der Waals surface area contributed by atoms with Gasteiger partial charge >= 0.3 is 0 Å². The lowest BCUT2D eigenvalue weighted by molar-refractivity contribution is 0.414. The van der Waals surface area contributed by atoms with Crippen molar-refractivity contribution in [2.45, 2.75) is 5.37 Å². The van der Waals surface area contributed by atoms with E-state index in [0.29, 0.717) is 10.0 Å². The van der Waals surface area contributed by atoms with Gasteiger partial charge in [-0.3, -0.25) is 5.01 Å². The van der Waals surface area contributed by atoms with Crippen LogP contribution in [0.1, 0.15) is 10.9 Å². The fourth-order valence-electron chi connectivity index (χ4n) is 3.02. The molecule has 142 valence electrons. The van der Waals surface area contributed by atoms with Crippen molar-refractivity contribution in [3.8, 4) is 5.75 Å². The summed E-state index contributed by atoms with van der Waals surface area (Å²) in [7, 11) is 1.66. The SMILES string of the molecule is COc1ccc([C@@H]2SC(=S)N(c3ccc(Cl)cc3)N2c2ccc(Cl)cc2)cc1. The Morgan fingerprint density at radius 2 is 1.36 bits per heavy atom. The van der Waals surface area contributed by atoms with Crippen LogP contribution in [0.25, 0.3) is 0 Å². The van der Waals surface area contributed by atoms with Crippen LogP contribution in [0.15, 0.2) is 72.8 Å². The lowest BCUT2D eigenvalue weighted by atomic mass is 10.2. The Hall–Kier alpha value is -1.92. The molecule has 0 aliphatic carbocycles. The van der Waals surface area contributed by atoms with Crippen LogP contribution in [-0.2, 0) is 0 Å². The smallest absolute Gasteiger partial charge is 0.162 e. The molecule has 1 aliphatic rings. The Morgan fingerprint density at radius 1 is 0.821 bits per heavy atom. The molecular weight excluding hydrogens is 431 g/mol. The van der Waals surface area contributed by atoms with Crippen molar-refractivity contribution >= 4 is 62.9 Å². The van der Waals surface area contributed by atoms with Gasteiger partial charge in [-0.2, -0.15) is 0 Å². The molecule has 1 atom stereocenters. The summed E-state index contributed by atoms with van der Waals surface area (Å²) < 4.78 is 6.06. The first-order valence-electron chi connectivity index (χ1n) is 8.52. The molecule has 3 aromatic carbocycles. The maximum atomic E-state index is 6.11. The Kier molecular flexibility index (Phi) is 5.69. The monoisotopic (exact) mass is 446 g/mol. The van der Waals surface area contributed by atoms with Crippen LogP contribution in [0, 0.1) is 0 Å². The molecule has 0 saturated carbocycles. The largest absolute Gasteiger partial charge is 0.497 e. The Bertz CT molecular complexity index is 979. The summed E-state index contributed by atoms with van der Waals surface area (Å²) in [6.07, 6.45) is 0. The van der Waals surface area contributed by atoms with E-state index in [9.17, 15) is 0 Å². The Morgan fingerprint density at radius 3 is 1.89 bits per heavy atom. The second-order valence-corrected chi connectivity index (χ2v) is 8.71. The number of benzene rings is 3. The van der Waals surface area contributed by atoms with Gasteiger partial charge in [0, 0.05) is 10.0 Å². The number of thiocarbonyl (C=S) groups is 1. The van der Waals surface area contributed by atoms with Gasteiger partial charge in [0.25, 0.3) is 0 Å². The number of thioether (sulfide) groups is 1. The molecule has 1 saturated heterocycles. The van der Waals surface area contributed by atoms with Gasteiger partial charge in [0.05, 0.1) is 18.5 Å². The van der Waals surface area contributed by atoms with Gasteiger partial charge < -0.3 is 4.74 Å². The van der Waals surface area contributed by atoms with Crippen molar-refractivity contribution < 1.29 is 4.74 Å². The van der Waals surface area contributed by atoms with Gasteiger partial charge in [0.1, 0.15) is 11.1 Å². The number of hydrogen-bond donors (Lipinski definition) is 0. The van der Waals surface area contributed by atoms with E-state index in [0.717, 1.165) is 27.0 Å². The second kappa shape index (κ2) is 8.21. The van der Waals surface area contributed by atoms with Crippen molar-refractivity contribution in [1.29, 1.82) is 0 Å². The lowest BCUT2D eigenvalue weighted by Gasteiger charge is -2.34.